The van der Waals surface area contributed by atoms with Crippen molar-refractivity contribution in [2.75, 3.05) is 19.7 Å². The van der Waals surface area contributed by atoms with E-state index in [1.54, 1.807) is 11.8 Å². The van der Waals surface area contributed by atoms with E-state index in [1.807, 2.05) is 24.3 Å². The fourth-order valence-electron chi connectivity index (χ4n) is 6.11. The van der Waals surface area contributed by atoms with Crippen molar-refractivity contribution in [1.82, 2.24) is 10.2 Å². The van der Waals surface area contributed by atoms with Gasteiger partial charge in [0.2, 0.25) is 5.91 Å². The van der Waals surface area contributed by atoms with Crippen molar-refractivity contribution in [1.29, 1.82) is 0 Å². The standard InChI is InChI=1S/C27H30N2O5/c1-17(13-24(30)29-14-18-7-6-12-27(18,16-29)25(31)32)28-26(33)34-15-23-21-10-4-2-8-19(21)20-9-3-5-11-22(20)23/h2-5,8-11,17-18,23H,6-7,12-16H2,1H3,(H,28,33)(H,31,32)/t17-,18+,27+/m1/s1. The quantitative estimate of drug-likeness (QED) is 0.676. The van der Waals surface area contributed by atoms with Crippen LogP contribution in [0.4, 0.5) is 4.79 Å². The molecule has 5 rings (SSSR count). The monoisotopic (exact) mass is 462 g/mol. The molecule has 0 aromatic heterocycles. The highest BCUT2D eigenvalue weighted by atomic mass is 16.5. The number of ether oxygens (including phenoxy) is 1. The van der Waals surface area contributed by atoms with Gasteiger partial charge in [0.05, 0.1) is 5.41 Å². The molecule has 1 saturated carbocycles. The molecule has 2 aromatic rings. The molecule has 34 heavy (non-hydrogen) atoms. The molecule has 2 N–H and O–H groups in total. The van der Waals surface area contributed by atoms with Crippen molar-refractivity contribution in [2.45, 2.75) is 44.6 Å². The summed E-state index contributed by atoms with van der Waals surface area (Å²) in [6.45, 7) is 2.74. The Morgan fingerprint density at radius 3 is 2.38 bits per heavy atom. The van der Waals surface area contributed by atoms with Crippen molar-refractivity contribution in [2.24, 2.45) is 11.3 Å². The summed E-state index contributed by atoms with van der Waals surface area (Å²) in [5, 5.41) is 12.5. The highest BCUT2D eigenvalue weighted by molar-refractivity contribution is 5.82. The van der Waals surface area contributed by atoms with Gasteiger partial charge >= 0.3 is 12.1 Å². The number of nitrogens with zero attached hydrogens (tertiary/aromatic N) is 1. The minimum atomic E-state index is -0.796. The van der Waals surface area contributed by atoms with Crippen LogP contribution in [0.2, 0.25) is 0 Å². The van der Waals surface area contributed by atoms with Crippen LogP contribution < -0.4 is 5.32 Å². The van der Waals surface area contributed by atoms with Gasteiger partial charge in [-0.3, -0.25) is 9.59 Å². The lowest BCUT2D eigenvalue weighted by Gasteiger charge is -2.24. The van der Waals surface area contributed by atoms with Crippen LogP contribution in [0.1, 0.15) is 49.7 Å². The maximum atomic E-state index is 12.8. The maximum absolute atomic E-state index is 12.8. The molecule has 2 aromatic carbocycles. The first-order valence-electron chi connectivity index (χ1n) is 12.0. The molecule has 0 bridgehead atoms. The Hall–Kier alpha value is -3.35. The number of carboxylic acids is 1. The average Bonchev–Trinajstić information content (AvgIpc) is 3.47. The lowest BCUT2D eigenvalue weighted by Crippen LogP contribution is -2.41. The van der Waals surface area contributed by atoms with Crippen LogP contribution in [-0.2, 0) is 14.3 Å². The maximum Gasteiger partial charge on any atom is 0.407 e. The molecule has 2 fully saturated rings. The molecule has 0 unspecified atom stereocenters. The molecule has 3 atom stereocenters. The van der Waals surface area contributed by atoms with Gasteiger partial charge in [0, 0.05) is 31.5 Å². The molecule has 2 aliphatic carbocycles. The molecule has 0 radical (unpaired) electrons. The number of carbonyl (C=O) groups excluding carboxylic acids is 2. The summed E-state index contributed by atoms with van der Waals surface area (Å²) >= 11 is 0. The van der Waals surface area contributed by atoms with Gasteiger partial charge < -0.3 is 20.1 Å². The Balaban J connectivity index is 1.15. The Labute approximate surface area is 199 Å². The summed E-state index contributed by atoms with van der Waals surface area (Å²) < 4.78 is 5.57. The van der Waals surface area contributed by atoms with Crippen LogP contribution in [0.15, 0.2) is 48.5 Å². The first-order valence-corrected chi connectivity index (χ1v) is 12.0. The second-order valence-electron chi connectivity index (χ2n) is 9.90. The zero-order valence-electron chi connectivity index (χ0n) is 19.3. The summed E-state index contributed by atoms with van der Waals surface area (Å²) in [6, 6.07) is 15.9. The van der Waals surface area contributed by atoms with E-state index in [1.165, 1.54) is 11.1 Å². The van der Waals surface area contributed by atoms with Gasteiger partial charge in [0.15, 0.2) is 0 Å². The molecule has 2 amide bonds. The number of likely N-dealkylation sites (tertiary alicyclic amines) is 1. The number of hydrogen-bond donors (Lipinski definition) is 2. The highest BCUT2D eigenvalue weighted by Crippen LogP contribution is 2.49. The third-order valence-electron chi connectivity index (χ3n) is 7.84. The van der Waals surface area contributed by atoms with Crippen LogP contribution >= 0.6 is 0 Å². The Morgan fingerprint density at radius 1 is 1.12 bits per heavy atom. The van der Waals surface area contributed by atoms with Gasteiger partial charge in [-0.05, 0) is 47.9 Å². The minimum Gasteiger partial charge on any atom is -0.481 e. The first kappa shape index (κ1) is 22.4. The van der Waals surface area contributed by atoms with E-state index in [0.29, 0.717) is 13.0 Å². The molecule has 1 saturated heterocycles. The van der Waals surface area contributed by atoms with Crippen molar-refractivity contribution < 1.29 is 24.2 Å². The predicted octanol–water partition coefficient (Wildman–Crippen LogP) is 4.02. The molecule has 7 nitrogen and oxygen atoms in total. The molecular weight excluding hydrogens is 432 g/mol. The number of carboxylic acid groups (broad SMARTS) is 1. The highest BCUT2D eigenvalue weighted by Gasteiger charge is 2.55. The van der Waals surface area contributed by atoms with Crippen LogP contribution in [0.25, 0.3) is 11.1 Å². The molecule has 7 heteroatoms. The largest absolute Gasteiger partial charge is 0.481 e. The van der Waals surface area contributed by atoms with Gasteiger partial charge in [-0.15, -0.1) is 0 Å². The fraction of sp³-hybridized carbons (Fsp3) is 0.444. The van der Waals surface area contributed by atoms with Gasteiger partial charge in [-0.2, -0.15) is 0 Å². The Morgan fingerprint density at radius 2 is 1.76 bits per heavy atom. The summed E-state index contributed by atoms with van der Waals surface area (Å²) in [5.74, 6) is -0.915. The third kappa shape index (κ3) is 3.83. The summed E-state index contributed by atoms with van der Waals surface area (Å²) in [7, 11) is 0. The third-order valence-corrected chi connectivity index (χ3v) is 7.84. The van der Waals surface area contributed by atoms with E-state index in [-0.39, 0.29) is 37.3 Å². The lowest BCUT2D eigenvalue weighted by atomic mass is 9.81. The van der Waals surface area contributed by atoms with Gasteiger partial charge in [0.1, 0.15) is 6.61 Å². The zero-order valence-corrected chi connectivity index (χ0v) is 19.3. The van der Waals surface area contributed by atoms with Crippen LogP contribution in [0.3, 0.4) is 0 Å². The van der Waals surface area contributed by atoms with Crippen molar-refractivity contribution in [3.05, 3.63) is 59.7 Å². The van der Waals surface area contributed by atoms with Gasteiger partial charge in [0.25, 0.3) is 0 Å². The smallest absolute Gasteiger partial charge is 0.407 e. The average molecular weight is 463 g/mol. The lowest BCUT2D eigenvalue weighted by molar-refractivity contribution is -0.149. The zero-order chi connectivity index (χ0) is 23.9. The second kappa shape index (κ2) is 8.78. The fourth-order valence-corrected chi connectivity index (χ4v) is 6.11. The van der Waals surface area contributed by atoms with E-state index in [2.05, 4.69) is 29.6 Å². The van der Waals surface area contributed by atoms with Crippen LogP contribution in [0, 0.1) is 11.3 Å². The van der Waals surface area contributed by atoms with E-state index >= 15 is 0 Å². The SMILES string of the molecule is C[C@H](CC(=O)N1C[C@@H]2CCC[C@]2(C(=O)O)C1)NC(=O)OCC1c2ccccc2-c2ccccc21. The summed E-state index contributed by atoms with van der Waals surface area (Å²) in [4.78, 5) is 38.8. The molecule has 0 spiro atoms. The number of fused-ring (bicyclic) bond motifs is 4. The van der Waals surface area contributed by atoms with Crippen LogP contribution in [-0.4, -0.2) is 53.7 Å². The van der Waals surface area contributed by atoms with Gasteiger partial charge in [-0.25, -0.2) is 4.79 Å². The number of hydrogen-bond acceptors (Lipinski definition) is 4. The van der Waals surface area contributed by atoms with E-state index in [4.69, 9.17) is 4.74 Å². The normalized spacial score (nSPS) is 23.7. The number of benzene rings is 2. The Kier molecular flexibility index (Phi) is 5.80. The number of amides is 2. The number of rotatable bonds is 6. The summed E-state index contributed by atoms with van der Waals surface area (Å²) in [5.41, 5.74) is 3.83. The van der Waals surface area contributed by atoms with E-state index in [9.17, 15) is 19.5 Å². The summed E-state index contributed by atoms with van der Waals surface area (Å²) in [6.07, 6.45) is 1.95. The topological polar surface area (TPSA) is 95.9 Å². The molecular formula is C27H30N2O5. The van der Waals surface area contributed by atoms with Crippen molar-refractivity contribution in [3.63, 3.8) is 0 Å². The predicted molar refractivity (Wildman–Crippen MR) is 126 cm³/mol. The first-order chi connectivity index (χ1) is 16.4. The second-order valence-corrected chi connectivity index (χ2v) is 9.90. The molecule has 3 aliphatic rings. The van der Waals surface area contributed by atoms with Crippen molar-refractivity contribution >= 4 is 18.0 Å². The van der Waals surface area contributed by atoms with Gasteiger partial charge in [-0.1, -0.05) is 55.0 Å². The molecule has 1 aliphatic heterocycles. The van der Waals surface area contributed by atoms with Crippen molar-refractivity contribution in [3.8, 4) is 11.1 Å². The molecule has 178 valence electrons. The number of aliphatic carboxylic acids is 1. The Bertz CT molecular complexity index is 1090. The van der Waals surface area contributed by atoms with Crippen LogP contribution in [0.5, 0.6) is 0 Å². The number of carbonyl (C=O) groups is 3. The van der Waals surface area contributed by atoms with E-state index < -0.39 is 23.5 Å². The minimum absolute atomic E-state index is 0.0219. The number of nitrogens with one attached hydrogen (secondary N) is 1. The molecule has 1 heterocycles. The number of alkyl carbamates (subject to hydrolysis) is 1. The van der Waals surface area contributed by atoms with E-state index in [0.717, 1.165) is 24.0 Å².